The second-order valence-corrected chi connectivity index (χ2v) is 24.3. The number of carbonyl (C=O) groups is 7. The number of aliphatic imine (C=N–C) groups is 1. The molecule has 6 aliphatic heterocycles. The van der Waals surface area contributed by atoms with Crippen LogP contribution in [0.5, 0.6) is 23.0 Å². The van der Waals surface area contributed by atoms with Crippen LogP contribution >= 0.6 is 11.8 Å². The molecule has 0 saturated carbocycles. The maximum absolute atomic E-state index is 14.3. The minimum atomic E-state index is -0.917. The molecule has 5 aromatic rings. The zero-order chi connectivity index (χ0) is 60.9. The van der Waals surface area contributed by atoms with Gasteiger partial charge < -0.3 is 53.1 Å². The Morgan fingerprint density at radius 2 is 1.31 bits per heavy atom. The van der Waals surface area contributed by atoms with Gasteiger partial charge in [-0.15, -0.1) is 16.8 Å². The van der Waals surface area contributed by atoms with Crippen molar-refractivity contribution in [1.29, 1.82) is 0 Å². The van der Waals surface area contributed by atoms with E-state index in [0.717, 1.165) is 50.6 Å². The molecule has 87 heavy (non-hydrogen) atoms. The predicted molar refractivity (Wildman–Crippen MR) is 324 cm³/mol. The van der Waals surface area contributed by atoms with E-state index in [1.807, 2.05) is 79.4 Å². The highest BCUT2D eigenvalue weighted by Gasteiger charge is 2.44. The summed E-state index contributed by atoms with van der Waals surface area (Å²) in [6.07, 6.45) is 2.52. The van der Waals surface area contributed by atoms with E-state index in [-0.39, 0.29) is 69.5 Å². The maximum Gasteiger partial charge on any atom is 0.335 e. The molecule has 23 heteroatoms. The number of anilines is 4. The molecule has 0 aliphatic carbocycles. The van der Waals surface area contributed by atoms with Crippen molar-refractivity contribution in [3.63, 3.8) is 0 Å². The Kier molecular flexibility index (Phi) is 18.1. The molecule has 2 fully saturated rings. The van der Waals surface area contributed by atoms with Crippen LogP contribution in [0.4, 0.5) is 28.4 Å². The van der Waals surface area contributed by atoms with Crippen molar-refractivity contribution in [2.45, 2.75) is 87.7 Å². The Bertz CT molecular complexity index is 3520. The number of carbonyl (C=O) groups excluding carboxylic acids is 7. The molecule has 6 heterocycles. The first-order valence-corrected chi connectivity index (χ1v) is 29.9. The SMILES string of the molecule is COCCOCCOCCN(CC(C)(C)SC1CC(=O)N(CCC(=O)ON2C(=O)CCC2=O)C1=O)c1cc(COc2cc3c(cc2OC)C(=O)N2c4ccccc4C[C@@H]2C=N3)cc(COc2cc3c(cc2OC)C(=O)N2c4ccccc4C[C@H]2CN3)c1. The fraction of sp³-hybridized carbons (Fsp3) is 0.406. The van der Waals surface area contributed by atoms with Crippen LogP contribution in [-0.2, 0) is 69.1 Å². The minimum Gasteiger partial charge on any atom is -0.493 e. The van der Waals surface area contributed by atoms with E-state index < -0.39 is 46.0 Å². The molecule has 2 saturated heterocycles. The monoisotopic (exact) mass is 1210 g/mol. The summed E-state index contributed by atoms with van der Waals surface area (Å²) in [5.74, 6) is -1.96. The molecule has 5 aromatic carbocycles. The van der Waals surface area contributed by atoms with E-state index in [2.05, 4.69) is 16.3 Å². The van der Waals surface area contributed by atoms with Gasteiger partial charge in [0.1, 0.15) is 13.2 Å². The van der Waals surface area contributed by atoms with Crippen LogP contribution in [0.25, 0.3) is 0 Å². The highest BCUT2D eigenvalue weighted by atomic mass is 32.2. The van der Waals surface area contributed by atoms with E-state index >= 15 is 0 Å². The van der Waals surface area contributed by atoms with Crippen molar-refractivity contribution in [3.05, 3.63) is 124 Å². The number of nitrogens with zero attached hydrogens (tertiary/aromatic N) is 6. The lowest BCUT2D eigenvalue weighted by molar-refractivity contribution is -0.197. The Morgan fingerprint density at radius 1 is 0.690 bits per heavy atom. The number of hydrogen-bond donors (Lipinski definition) is 1. The average molecular weight is 1210 g/mol. The van der Waals surface area contributed by atoms with Gasteiger partial charge in [0, 0.05) is 99.1 Å². The van der Waals surface area contributed by atoms with Crippen LogP contribution in [-0.4, -0.2) is 160 Å². The number of rotatable bonds is 26. The van der Waals surface area contributed by atoms with Crippen molar-refractivity contribution in [3.8, 4) is 23.0 Å². The molecule has 1 N–H and O–H groups in total. The molecule has 0 spiro atoms. The largest absolute Gasteiger partial charge is 0.493 e. The van der Waals surface area contributed by atoms with E-state index in [4.69, 9.17) is 43.0 Å². The van der Waals surface area contributed by atoms with Crippen molar-refractivity contribution < 1.29 is 71.6 Å². The van der Waals surface area contributed by atoms with Gasteiger partial charge in [0.25, 0.3) is 23.6 Å². The van der Waals surface area contributed by atoms with Gasteiger partial charge in [0.2, 0.25) is 11.8 Å². The average Bonchev–Trinajstić information content (AvgIpc) is 3.32. The third kappa shape index (κ3) is 13.1. The van der Waals surface area contributed by atoms with Crippen LogP contribution in [0.15, 0.2) is 96.0 Å². The zero-order valence-electron chi connectivity index (χ0n) is 49.2. The van der Waals surface area contributed by atoms with Crippen LogP contribution in [0.2, 0.25) is 0 Å². The topological polar surface area (TPSA) is 234 Å². The number of amides is 6. The van der Waals surface area contributed by atoms with Crippen molar-refractivity contribution >= 4 is 87.8 Å². The molecule has 0 aromatic heterocycles. The van der Waals surface area contributed by atoms with Gasteiger partial charge in [0.05, 0.1) is 93.5 Å². The first kappa shape index (κ1) is 60.2. The van der Waals surface area contributed by atoms with Crippen molar-refractivity contribution in [2.24, 2.45) is 4.99 Å². The quantitative estimate of drug-likeness (QED) is 0.0423. The summed E-state index contributed by atoms with van der Waals surface area (Å²) in [4.78, 5) is 109. The summed E-state index contributed by atoms with van der Waals surface area (Å²) < 4.78 is 41.4. The number of hydroxylamine groups is 2. The first-order chi connectivity index (χ1) is 42.1. The summed E-state index contributed by atoms with van der Waals surface area (Å²) in [5, 5.41) is 3.17. The van der Waals surface area contributed by atoms with Crippen LogP contribution in [0.3, 0.4) is 0 Å². The van der Waals surface area contributed by atoms with Crippen LogP contribution < -0.4 is 39.0 Å². The summed E-state index contributed by atoms with van der Waals surface area (Å²) in [6.45, 7) is 6.80. The number of methoxy groups -OCH3 is 3. The lowest BCUT2D eigenvalue weighted by atomic mass is 10.1. The number of para-hydroxylation sites is 2. The molecular formula is C64H69N7O15S. The smallest absolute Gasteiger partial charge is 0.335 e. The van der Waals surface area contributed by atoms with E-state index in [1.165, 1.54) is 26.0 Å². The number of thioether (sulfide) groups is 1. The Morgan fingerprint density at radius 3 is 2.00 bits per heavy atom. The van der Waals surface area contributed by atoms with Gasteiger partial charge in [0.15, 0.2) is 23.0 Å². The number of ether oxygens (including phenoxy) is 7. The molecule has 456 valence electrons. The van der Waals surface area contributed by atoms with E-state index in [1.54, 1.807) is 42.5 Å². The lowest BCUT2D eigenvalue weighted by Gasteiger charge is -2.35. The number of benzene rings is 5. The highest BCUT2D eigenvalue weighted by molar-refractivity contribution is 8.02. The lowest BCUT2D eigenvalue weighted by Crippen LogP contribution is -2.41. The molecule has 22 nitrogen and oxygen atoms in total. The van der Waals surface area contributed by atoms with Gasteiger partial charge in [-0.05, 0) is 85.0 Å². The van der Waals surface area contributed by atoms with Crippen molar-refractivity contribution in [1.82, 2.24) is 9.96 Å². The maximum atomic E-state index is 14.3. The zero-order valence-corrected chi connectivity index (χ0v) is 50.0. The molecule has 3 atom stereocenters. The number of hydrogen-bond acceptors (Lipinski definition) is 19. The summed E-state index contributed by atoms with van der Waals surface area (Å²) in [5.41, 5.74) is 8.04. The molecule has 6 amide bonds. The summed E-state index contributed by atoms with van der Waals surface area (Å²) in [7, 11) is 4.66. The number of fused-ring (bicyclic) bond motifs is 8. The Labute approximate surface area is 507 Å². The number of likely N-dealkylation sites (tertiary alicyclic amines) is 1. The fourth-order valence-electron chi connectivity index (χ4n) is 11.8. The molecule has 6 aliphatic rings. The van der Waals surface area contributed by atoms with Gasteiger partial charge in [-0.1, -0.05) is 36.4 Å². The standard InChI is InChI=1S/C64H69N7O15S/c1-64(2,87-56-33-59(74)68(63(56)78)17-16-60(75)86-71-57(72)14-15-58(71)73)38-67(18-19-82-22-23-83-21-20-79-3)43-25-39(36-84-54-31-48-46(29-52(54)80-4)61(76)69-44(34-65-48)27-41-10-6-8-12-50(41)69)24-40(26-43)37-85-55-32-49-47(30-53(55)81-5)62(77)70-45(35-66-49)28-42-11-7-9-13-51(42)70/h6-13,24-26,29-32,34,44-45,56,66H,14-23,27-28,33,35-38H2,1-5H3/t44-,45+,56?/m1/s1. The summed E-state index contributed by atoms with van der Waals surface area (Å²) in [6, 6.07) is 28.4. The van der Waals surface area contributed by atoms with Gasteiger partial charge >= 0.3 is 5.97 Å². The highest BCUT2D eigenvalue weighted by Crippen LogP contribution is 2.44. The normalized spacial score (nSPS) is 18.4. The van der Waals surface area contributed by atoms with E-state index in [9.17, 15) is 33.6 Å². The molecule has 0 bridgehead atoms. The number of nitrogens with one attached hydrogen (secondary N) is 1. The molecule has 0 radical (unpaired) electrons. The Balaban J connectivity index is 0.871. The minimum absolute atomic E-state index is 0.0266. The van der Waals surface area contributed by atoms with E-state index in [0.29, 0.717) is 103 Å². The van der Waals surface area contributed by atoms with Gasteiger partial charge in [-0.2, -0.15) is 0 Å². The fourth-order valence-corrected chi connectivity index (χ4v) is 13.3. The van der Waals surface area contributed by atoms with Gasteiger partial charge in [-0.3, -0.25) is 43.6 Å². The first-order valence-electron chi connectivity index (χ1n) is 29.0. The Hall–Kier alpha value is -8.51. The summed E-state index contributed by atoms with van der Waals surface area (Å²) >= 11 is 1.34. The molecular weight excluding hydrogens is 1140 g/mol. The predicted octanol–water partition coefficient (Wildman–Crippen LogP) is 7.27. The van der Waals surface area contributed by atoms with Gasteiger partial charge in [-0.25, -0.2) is 4.79 Å². The second kappa shape index (κ2) is 26.2. The van der Waals surface area contributed by atoms with Crippen molar-refractivity contribution in [2.75, 3.05) is 101 Å². The third-order valence-corrected chi connectivity index (χ3v) is 17.4. The molecule has 1 unspecified atom stereocenters. The number of imide groups is 2. The second-order valence-electron chi connectivity index (χ2n) is 22.4. The third-order valence-electron chi connectivity index (χ3n) is 16.0. The molecule has 11 rings (SSSR count). The van der Waals surface area contributed by atoms with Crippen LogP contribution in [0, 0.1) is 0 Å². The van der Waals surface area contributed by atoms with Crippen LogP contribution in [0.1, 0.15) is 82.5 Å².